The molecule has 0 saturated heterocycles. The number of phosphoric acid groups is 1. The average Bonchev–Trinajstić information content (AvgIpc) is 2.90. The van der Waals surface area contributed by atoms with Crippen molar-refractivity contribution >= 4 is 42.6 Å². The van der Waals surface area contributed by atoms with E-state index in [2.05, 4.69) is 5.32 Å². The molecule has 0 aliphatic rings. The SMILES string of the molecule is O=C(Nc1ccc(Cl)cc1)c1cc(Cl)ccc1OP(=O)(OCc1ccccc1)OCc1ccccc1. The van der Waals surface area contributed by atoms with Gasteiger partial charge in [-0.1, -0.05) is 83.9 Å². The van der Waals surface area contributed by atoms with Gasteiger partial charge in [0.05, 0.1) is 18.8 Å². The monoisotopic (exact) mass is 541 g/mol. The molecule has 0 fully saturated rings. The van der Waals surface area contributed by atoms with Gasteiger partial charge in [0.15, 0.2) is 0 Å². The fraction of sp³-hybridized carbons (Fsp3) is 0.0741. The Morgan fingerprint density at radius 1 is 0.722 bits per heavy atom. The Balaban J connectivity index is 1.58. The van der Waals surface area contributed by atoms with Crippen molar-refractivity contribution in [3.63, 3.8) is 0 Å². The van der Waals surface area contributed by atoms with Crippen molar-refractivity contribution in [1.82, 2.24) is 0 Å². The van der Waals surface area contributed by atoms with Crippen LogP contribution in [0.3, 0.4) is 0 Å². The molecule has 0 atom stereocenters. The van der Waals surface area contributed by atoms with Crippen LogP contribution in [-0.4, -0.2) is 5.91 Å². The highest BCUT2D eigenvalue weighted by atomic mass is 35.5. The number of anilines is 1. The van der Waals surface area contributed by atoms with Gasteiger partial charge in [0.25, 0.3) is 5.91 Å². The van der Waals surface area contributed by atoms with E-state index in [4.69, 9.17) is 36.8 Å². The van der Waals surface area contributed by atoms with Crippen molar-refractivity contribution in [2.45, 2.75) is 13.2 Å². The van der Waals surface area contributed by atoms with Crippen LogP contribution < -0.4 is 9.84 Å². The highest BCUT2D eigenvalue weighted by molar-refractivity contribution is 7.48. The van der Waals surface area contributed by atoms with Crippen LogP contribution >= 0.6 is 31.0 Å². The second-order valence-corrected chi connectivity index (χ2v) is 10.1. The zero-order valence-corrected chi connectivity index (χ0v) is 21.4. The maximum absolute atomic E-state index is 13.7. The van der Waals surface area contributed by atoms with Crippen LogP contribution in [-0.2, 0) is 26.8 Å². The zero-order valence-electron chi connectivity index (χ0n) is 19.0. The van der Waals surface area contributed by atoms with E-state index in [1.807, 2.05) is 60.7 Å². The molecule has 4 rings (SSSR count). The van der Waals surface area contributed by atoms with Crippen molar-refractivity contribution in [1.29, 1.82) is 0 Å². The quantitative estimate of drug-likeness (QED) is 0.205. The third-order valence-electron chi connectivity index (χ3n) is 4.96. The van der Waals surface area contributed by atoms with Crippen molar-refractivity contribution in [3.05, 3.63) is 130 Å². The molecule has 0 unspecified atom stereocenters. The predicted molar refractivity (Wildman–Crippen MR) is 142 cm³/mol. The first-order chi connectivity index (χ1) is 17.4. The molecule has 6 nitrogen and oxygen atoms in total. The van der Waals surface area contributed by atoms with Gasteiger partial charge in [0, 0.05) is 15.7 Å². The van der Waals surface area contributed by atoms with E-state index in [1.54, 1.807) is 24.3 Å². The second-order valence-electron chi connectivity index (χ2n) is 7.66. The van der Waals surface area contributed by atoms with Crippen LogP contribution in [0.15, 0.2) is 103 Å². The maximum Gasteiger partial charge on any atom is 0.530 e. The number of rotatable bonds is 10. The molecule has 184 valence electrons. The predicted octanol–water partition coefficient (Wildman–Crippen LogP) is 8.17. The number of halogens is 2. The van der Waals surface area contributed by atoms with Crippen LogP contribution in [0.2, 0.25) is 10.0 Å². The summed E-state index contributed by atoms with van der Waals surface area (Å²) in [4.78, 5) is 13.1. The summed E-state index contributed by atoms with van der Waals surface area (Å²) in [6.45, 7) is -0.0421. The minimum atomic E-state index is -4.18. The van der Waals surface area contributed by atoms with Gasteiger partial charge in [-0.05, 0) is 53.6 Å². The number of hydrogen-bond donors (Lipinski definition) is 1. The summed E-state index contributed by atoms with van der Waals surface area (Å²) in [5.74, 6) is -0.525. The Hall–Kier alpha value is -3.12. The summed E-state index contributed by atoms with van der Waals surface area (Å²) in [5.41, 5.74) is 2.13. The van der Waals surface area contributed by atoms with E-state index in [0.29, 0.717) is 15.7 Å². The van der Waals surface area contributed by atoms with Crippen molar-refractivity contribution in [2.75, 3.05) is 5.32 Å². The van der Waals surface area contributed by atoms with Crippen molar-refractivity contribution in [2.24, 2.45) is 0 Å². The summed E-state index contributed by atoms with van der Waals surface area (Å²) >= 11 is 12.1. The van der Waals surface area contributed by atoms with Gasteiger partial charge < -0.3 is 9.84 Å². The third-order valence-corrected chi connectivity index (χ3v) is 6.76. The van der Waals surface area contributed by atoms with E-state index in [1.165, 1.54) is 18.2 Å². The van der Waals surface area contributed by atoms with Gasteiger partial charge >= 0.3 is 7.82 Å². The molecule has 0 aliphatic heterocycles. The Morgan fingerprint density at radius 3 is 1.81 bits per heavy atom. The van der Waals surface area contributed by atoms with Gasteiger partial charge in [0.2, 0.25) is 0 Å². The lowest BCUT2D eigenvalue weighted by molar-refractivity contribution is 0.102. The molecule has 0 radical (unpaired) electrons. The molecule has 4 aromatic carbocycles. The topological polar surface area (TPSA) is 73.9 Å². The molecule has 0 saturated carbocycles. The van der Waals surface area contributed by atoms with E-state index < -0.39 is 13.7 Å². The van der Waals surface area contributed by atoms with Gasteiger partial charge in [0.1, 0.15) is 5.75 Å². The van der Waals surface area contributed by atoms with Crippen LogP contribution in [0.1, 0.15) is 21.5 Å². The number of benzene rings is 4. The second kappa shape index (κ2) is 12.2. The van der Waals surface area contributed by atoms with E-state index in [0.717, 1.165) is 11.1 Å². The lowest BCUT2D eigenvalue weighted by atomic mass is 10.2. The summed E-state index contributed by atoms with van der Waals surface area (Å²) in [6, 6.07) is 29.4. The molecule has 1 amide bonds. The smallest absolute Gasteiger partial charge is 0.403 e. The molecule has 4 aromatic rings. The average molecular weight is 542 g/mol. The highest BCUT2D eigenvalue weighted by Gasteiger charge is 2.31. The first-order valence-corrected chi connectivity index (χ1v) is 13.1. The van der Waals surface area contributed by atoms with Crippen LogP contribution in [0.25, 0.3) is 0 Å². The highest BCUT2D eigenvalue weighted by Crippen LogP contribution is 2.51. The Morgan fingerprint density at radius 2 is 1.25 bits per heavy atom. The Kier molecular flexibility index (Phi) is 8.81. The molecule has 9 heteroatoms. The molecule has 36 heavy (non-hydrogen) atoms. The number of hydrogen-bond acceptors (Lipinski definition) is 5. The lowest BCUT2D eigenvalue weighted by Gasteiger charge is -2.20. The molecule has 0 aromatic heterocycles. The summed E-state index contributed by atoms with van der Waals surface area (Å²) < 4.78 is 30.9. The molecule has 0 bridgehead atoms. The Labute approximate surface area is 219 Å². The largest absolute Gasteiger partial charge is 0.530 e. The standard InChI is InChI=1S/C27H22Cl2NO5P/c28-22-11-14-24(15-12-22)30-27(31)25-17-23(29)13-16-26(25)35-36(32,33-18-20-7-3-1-4-8-20)34-19-21-9-5-2-6-10-21/h1-17H,18-19H2,(H,30,31). The summed E-state index contributed by atoms with van der Waals surface area (Å²) in [6.07, 6.45) is 0. The van der Waals surface area contributed by atoms with Crippen LogP contribution in [0, 0.1) is 0 Å². The van der Waals surface area contributed by atoms with Crippen LogP contribution in [0.5, 0.6) is 5.75 Å². The third kappa shape index (κ3) is 7.44. The Bertz CT molecular complexity index is 1300. The number of carbonyl (C=O) groups excluding carboxylic acids is 1. The first-order valence-electron chi connectivity index (χ1n) is 10.9. The number of phosphoric ester groups is 1. The van der Waals surface area contributed by atoms with E-state index in [-0.39, 0.29) is 24.5 Å². The molecule has 0 aliphatic carbocycles. The minimum Gasteiger partial charge on any atom is -0.403 e. The van der Waals surface area contributed by atoms with Gasteiger partial charge in [-0.3, -0.25) is 13.8 Å². The van der Waals surface area contributed by atoms with Crippen molar-refractivity contribution < 1.29 is 22.9 Å². The van der Waals surface area contributed by atoms with E-state index >= 15 is 0 Å². The molecule has 1 N–H and O–H groups in total. The fourth-order valence-corrected chi connectivity index (χ4v) is 4.65. The molecular weight excluding hydrogens is 520 g/mol. The zero-order chi connectivity index (χ0) is 25.4. The van der Waals surface area contributed by atoms with Crippen molar-refractivity contribution in [3.8, 4) is 5.75 Å². The fourth-order valence-electron chi connectivity index (χ4n) is 3.16. The summed E-state index contributed by atoms with van der Waals surface area (Å²) in [7, 11) is -4.18. The van der Waals surface area contributed by atoms with Crippen LogP contribution in [0.4, 0.5) is 5.69 Å². The number of nitrogens with one attached hydrogen (secondary N) is 1. The van der Waals surface area contributed by atoms with Gasteiger partial charge in [-0.15, -0.1) is 0 Å². The number of amides is 1. The van der Waals surface area contributed by atoms with Gasteiger partial charge in [-0.2, -0.15) is 0 Å². The molecule has 0 spiro atoms. The summed E-state index contributed by atoms with van der Waals surface area (Å²) in [5, 5.41) is 3.58. The number of carbonyl (C=O) groups is 1. The lowest BCUT2D eigenvalue weighted by Crippen LogP contribution is -2.14. The van der Waals surface area contributed by atoms with Gasteiger partial charge in [-0.25, -0.2) is 4.57 Å². The normalized spacial score (nSPS) is 11.2. The molecular formula is C27H22Cl2NO5P. The maximum atomic E-state index is 13.7. The minimum absolute atomic E-state index is 0.00433. The first kappa shape index (κ1) is 26.0. The molecule has 0 heterocycles. The van der Waals surface area contributed by atoms with E-state index in [9.17, 15) is 9.36 Å².